The molecule has 0 heterocycles. The van der Waals surface area contributed by atoms with Gasteiger partial charge in [0, 0.05) is 16.6 Å². The molecule has 0 fully saturated rings. The standard InChI is InChI=1S/C15H13BrFNO2/c1-20-14-8-11(4-7-13(14)17)15(19)18-12-5-2-10(9-16)3-6-12/h2-8H,9H2,1H3,(H,18,19). The Hall–Kier alpha value is -1.88. The third-order valence-corrected chi connectivity index (χ3v) is 3.43. The summed E-state index contributed by atoms with van der Waals surface area (Å²) in [4.78, 5) is 12.0. The van der Waals surface area contributed by atoms with Crippen molar-refractivity contribution in [2.24, 2.45) is 0 Å². The Balaban J connectivity index is 2.14. The van der Waals surface area contributed by atoms with Crippen LogP contribution in [0.25, 0.3) is 0 Å². The average Bonchev–Trinajstić information content (AvgIpc) is 2.48. The molecule has 2 rings (SSSR count). The molecule has 104 valence electrons. The first-order valence-electron chi connectivity index (χ1n) is 5.94. The molecule has 0 radical (unpaired) electrons. The normalized spacial score (nSPS) is 10.2. The van der Waals surface area contributed by atoms with Gasteiger partial charge in [-0.25, -0.2) is 4.39 Å². The van der Waals surface area contributed by atoms with Crippen LogP contribution in [0.5, 0.6) is 5.75 Å². The van der Waals surface area contributed by atoms with Crippen molar-refractivity contribution in [1.82, 2.24) is 0 Å². The first-order chi connectivity index (χ1) is 9.63. The predicted octanol–water partition coefficient (Wildman–Crippen LogP) is 3.98. The lowest BCUT2D eigenvalue weighted by molar-refractivity contribution is 0.102. The van der Waals surface area contributed by atoms with Crippen LogP contribution in [0.3, 0.4) is 0 Å². The summed E-state index contributed by atoms with van der Waals surface area (Å²) in [6.07, 6.45) is 0. The Morgan fingerprint density at radius 1 is 1.25 bits per heavy atom. The smallest absolute Gasteiger partial charge is 0.255 e. The van der Waals surface area contributed by atoms with Crippen LogP contribution in [0.15, 0.2) is 42.5 Å². The summed E-state index contributed by atoms with van der Waals surface area (Å²) in [7, 11) is 1.36. The van der Waals surface area contributed by atoms with E-state index in [0.29, 0.717) is 11.3 Å². The minimum Gasteiger partial charge on any atom is -0.494 e. The average molecular weight is 338 g/mol. The van der Waals surface area contributed by atoms with E-state index in [9.17, 15) is 9.18 Å². The second-order valence-electron chi connectivity index (χ2n) is 4.13. The van der Waals surface area contributed by atoms with Gasteiger partial charge in [-0.3, -0.25) is 4.79 Å². The highest BCUT2D eigenvalue weighted by molar-refractivity contribution is 9.08. The van der Waals surface area contributed by atoms with Crippen molar-refractivity contribution in [3.05, 3.63) is 59.4 Å². The second-order valence-corrected chi connectivity index (χ2v) is 4.69. The van der Waals surface area contributed by atoms with Crippen LogP contribution in [0.4, 0.5) is 10.1 Å². The fourth-order valence-electron chi connectivity index (χ4n) is 1.68. The predicted molar refractivity (Wildman–Crippen MR) is 80.0 cm³/mol. The molecule has 0 aliphatic heterocycles. The molecule has 20 heavy (non-hydrogen) atoms. The number of hydrogen-bond donors (Lipinski definition) is 1. The minimum absolute atomic E-state index is 0.0484. The number of nitrogens with one attached hydrogen (secondary N) is 1. The highest BCUT2D eigenvalue weighted by Gasteiger charge is 2.10. The molecule has 0 spiro atoms. The number of benzene rings is 2. The maximum atomic E-state index is 13.3. The van der Waals surface area contributed by atoms with Crippen LogP contribution < -0.4 is 10.1 Å². The van der Waals surface area contributed by atoms with Crippen molar-refractivity contribution in [2.45, 2.75) is 5.33 Å². The van der Waals surface area contributed by atoms with Crippen molar-refractivity contribution >= 4 is 27.5 Å². The first kappa shape index (κ1) is 14.5. The Bertz CT molecular complexity index is 614. The second kappa shape index (κ2) is 6.52. The zero-order valence-electron chi connectivity index (χ0n) is 10.8. The number of hydrogen-bond acceptors (Lipinski definition) is 2. The van der Waals surface area contributed by atoms with E-state index < -0.39 is 5.82 Å². The Morgan fingerprint density at radius 3 is 2.55 bits per heavy atom. The number of alkyl halides is 1. The van der Waals surface area contributed by atoms with Gasteiger partial charge < -0.3 is 10.1 Å². The molecule has 0 aliphatic carbocycles. The monoisotopic (exact) mass is 337 g/mol. The molecular formula is C15H13BrFNO2. The lowest BCUT2D eigenvalue weighted by Gasteiger charge is -2.08. The summed E-state index contributed by atoms with van der Waals surface area (Å²) in [5, 5.41) is 3.51. The lowest BCUT2D eigenvalue weighted by atomic mass is 10.1. The molecule has 0 aromatic heterocycles. The molecule has 3 nitrogen and oxygen atoms in total. The van der Waals surface area contributed by atoms with Gasteiger partial charge in [0.05, 0.1) is 7.11 Å². The molecule has 0 bridgehead atoms. The van der Waals surface area contributed by atoms with Gasteiger partial charge in [-0.1, -0.05) is 28.1 Å². The van der Waals surface area contributed by atoms with Gasteiger partial charge in [-0.15, -0.1) is 0 Å². The highest BCUT2D eigenvalue weighted by Crippen LogP contribution is 2.19. The molecule has 0 saturated carbocycles. The van der Waals surface area contributed by atoms with E-state index in [1.165, 1.54) is 25.3 Å². The van der Waals surface area contributed by atoms with Gasteiger partial charge in [0.1, 0.15) is 0 Å². The number of carbonyl (C=O) groups is 1. The van der Waals surface area contributed by atoms with E-state index in [0.717, 1.165) is 10.9 Å². The molecule has 0 aliphatic rings. The number of amides is 1. The summed E-state index contributed by atoms with van der Waals surface area (Å²) in [5.74, 6) is -0.757. The van der Waals surface area contributed by atoms with Crippen LogP contribution in [0.1, 0.15) is 15.9 Å². The zero-order chi connectivity index (χ0) is 14.5. The fourth-order valence-corrected chi connectivity index (χ4v) is 2.06. The quantitative estimate of drug-likeness (QED) is 0.857. The van der Waals surface area contributed by atoms with Gasteiger partial charge in [-0.05, 0) is 35.9 Å². The van der Waals surface area contributed by atoms with Crippen LogP contribution in [-0.2, 0) is 5.33 Å². The van der Waals surface area contributed by atoms with Gasteiger partial charge >= 0.3 is 0 Å². The maximum absolute atomic E-state index is 13.3. The SMILES string of the molecule is COc1cc(C(=O)Nc2ccc(CBr)cc2)ccc1F. The van der Waals surface area contributed by atoms with Gasteiger partial charge in [0.2, 0.25) is 0 Å². The van der Waals surface area contributed by atoms with Crippen molar-refractivity contribution in [3.63, 3.8) is 0 Å². The van der Waals surface area contributed by atoms with Crippen molar-refractivity contribution < 1.29 is 13.9 Å². The van der Waals surface area contributed by atoms with E-state index in [2.05, 4.69) is 21.2 Å². The van der Waals surface area contributed by atoms with Crippen molar-refractivity contribution in [1.29, 1.82) is 0 Å². The first-order valence-corrected chi connectivity index (χ1v) is 7.06. The summed E-state index contributed by atoms with van der Waals surface area (Å²) in [6, 6.07) is 11.5. The molecule has 1 N–H and O–H groups in total. The summed E-state index contributed by atoms with van der Waals surface area (Å²) in [5.41, 5.74) is 2.14. The number of anilines is 1. The molecule has 2 aromatic carbocycles. The largest absolute Gasteiger partial charge is 0.494 e. The molecule has 5 heteroatoms. The third-order valence-electron chi connectivity index (χ3n) is 2.78. The van der Waals surface area contributed by atoms with Crippen LogP contribution >= 0.6 is 15.9 Å². The lowest BCUT2D eigenvalue weighted by Crippen LogP contribution is -2.12. The maximum Gasteiger partial charge on any atom is 0.255 e. The van der Waals surface area contributed by atoms with E-state index in [4.69, 9.17) is 4.74 Å². The van der Waals surface area contributed by atoms with Gasteiger partial charge in [0.25, 0.3) is 5.91 Å². The Morgan fingerprint density at radius 2 is 1.95 bits per heavy atom. The summed E-state index contributed by atoms with van der Waals surface area (Å²) < 4.78 is 18.1. The van der Waals surface area contributed by atoms with E-state index in [1.54, 1.807) is 0 Å². The molecule has 0 unspecified atom stereocenters. The zero-order valence-corrected chi connectivity index (χ0v) is 12.4. The Labute approximate surface area is 124 Å². The van der Waals surface area contributed by atoms with E-state index in [-0.39, 0.29) is 11.7 Å². The van der Waals surface area contributed by atoms with E-state index >= 15 is 0 Å². The number of rotatable bonds is 4. The highest BCUT2D eigenvalue weighted by atomic mass is 79.9. The number of carbonyl (C=O) groups excluding carboxylic acids is 1. The van der Waals surface area contributed by atoms with Crippen LogP contribution in [-0.4, -0.2) is 13.0 Å². The van der Waals surface area contributed by atoms with E-state index in [1.807, 2.05) is 24.3 Å². The molecule has 0 atom stereocenters. The topological polar surface area (TPSA) is 38.3 Å². The summed E-state index contributed by atoms with van der Waals surface area (Å²) >= 11 is 3.36. The minimum atomic E-state index is -0.495. The number of ether oxygens (including phenoxy) is 1. The molecular weight excluding hydrogens is 325 g/mol. The van der Waals surface area contributed by atoms with Gasteiger partial charge in [-0.2, -0.15) is 0 Å². The molecule has 2 aromatic rings. The molecule has 0 saturated heterocycles. The van der Waals surface area contributed by atoms with Gasteiger partial charge in [0.15, 0.2) is 11.6 Å². The van der Waals surface area contributed by atoms with Crippen molar-refractivity contribution in [3.8, 4) is 5.75 Å². The summed E-state index contributed by atoms with van der Waals surface area (Å²) in [6.45, 7) is 0. The van der Waals surface area contributed by atoms with Crippen molar-refractivity contribution in [2.75, 3.05) is 12.4 Å². The van der Waals surface area contributed by atoms with Crippen LogP contribution in [0.2, 0.25) is 0 Å². The fraction of sp³-hybridized carbons (Fsp3) is 0.133. The third kappa shape index (κ3) is 3.36. The molecule has 1 amide bonds. The van der Waals surface area contributed by atoms with Crippen LogP contribution in [0, 0.1) is 5.82 Å². The Kier molecular flexibility index (Phi) is 4.74. The number of halogens is 2. The number of methoxy groups -OCH3 is 1.